The number of anilines is 3. The van der Waals surface area contributed by atoms with Gasteiger partial charge in [-0.3, -0.25) is 0 Å². The molecule has 7 nitrogen and oxygen atoms in total. The van der Waals surface area contributed by atoms with E-state index in [0.717, 1.165) is 5.56 Å². The van der Waals surface area contributed by atoms with Crippen LogP contribution in [0, 0.1) is 6.92 Å². The minimum Gasteiger partial charge on any atom is -0.462 e. The zero-order valence-electron chi connectivity index (χ0n) is 17.3. The fourth-order valence-electron chi connectivity index (χ4n) is 3.21. The van der Waals surface area contributed by atoms with E-state index in [-0.39, 0.29) is 6.61 Å². The Hall–Kier alpha value is -4.13. The smallest absolute Gasteiger partial charge is 0.342 e. The summed E-state index contributed by atoms with van der Waals surface area (Å²) in [6.07, 6.45) is 3.40. The number of carbonyl (C=O) groups is 1. The minimum atomic E-state index is -0.451. The summed E-state index contributed by atoms with van der Waals surface area (Å²) in [5.74, 6) is 1.14. The monoisotopic (exact) mass is 411 g/mol. The molecule has 0 saturated carbocycles. The van der Waals surface area contributed by atoms with E-state index in [9.17, 15) is 4.79 Å². The Labute approximate surface area is 180 Å². The Balaban J connectivity index is 1.95. The molecular formula is C24H21N5O2. The molecule has 3 aromatic heterocycles. The zero-order chi connectivity index (χ0) is 21.6. The van der Waals surface area contributed by atoms with Gasteiger partial charge in [0, 0.05) is 18.0 Å². The molecule has 0 fully saturated rings. The van der Waals surface area contributed by atoms with Crippen molar-refractivity contribution in [2.45, 2.75) is 13.8 Å². The average Bonchev–Trinajstić information content (AvgIpc) is 2.81. The largest absolute Gasteiger partial charge is 0.462 e. The van der Waals surface area contributed by atoms with Gasteiger partial charge >= 0.3 is 5.97 Å². The second kappa shape index (κ2) is 9.13. The van der Waals surface area contributed by atoms with Gasteiger partial charge in [0.25, 0.3) is 0 Å². The summed E-state index contributed by atoms with van der Waals surface area (Å²) in [5.41, 5.74) is 2.15. The first-order chi connectivity index (χ1) is 15.2. The Kier molecular flexibility index (Phi) is 5.93. The zero-order valence-corrected chi connectivity index (χ0v) is 17.3. The summed E-state index contributed by atoms with van der Waals surface area (Å²) in [5, 5.41) is 0. The number of nitrogens with zero attached hydrogens (tertiary/aromatic N) is 5. The highest BCUT2D eigenvalue weighted by atomic mass is 16.5. The lowest BCUT2D eigenvalue weighted by atomic mass is 10.0. The SMILES string of the molecule is CCOC(=O)c1c(C)nc(N(c2ccccn2)c2ccccn2)nc1-c1ccccc1. The van der Waals surface area contributed by atoms with Gasteiger partial charge in [0.15, 0.2) is 0 Å². The van der Waals surface area contributed by atoms with E-state index in [0.29, 0.717) is 34.5 Å². The molecule has 3 heterocycles. The molecule has 0 saturated heterocycles. The molecule has 0 radical (unpaired) electrons. The van der Waals surface area contributed by atoms with Gasteiger partial charge in [-0.25, -0.2) is 29.6 Å². The van der Waals surface area contributed by atoms with E-state index in [1.54, 1.807) is 31.1 Å². The predicted octanol–water partition coefficient (Wildman–Crippen LogP) is 4.89. The molecule has 0 amide bonds. The maximum absolute atomic E-state index is 12.7. The second-order valence-electron chi connectivity index (χ2n) is 6.63. The quantitative estimate of drug-likeness (QED) is 0.418. The molecule has 0 bridgehead atoms. The lowest BCUT2D eigenvalue weighted by Crippen LogP contribution is -2.19. The first-order valence-corrected chi connectivity index (χ1v) is 9.92. The van der Waals surface area contributed by atoms with Crippen molar-refractivity contribution < 1.29 is 9.53 Å². The molecule has 0 aliphatic heterocycles. The molecule has 0 aliphatic rings. The Bertz CT molecular complexity index is 1130. The number of benzene rings is 1. The number of ether oxygens (including phenoxy) is 1. The van der Waals surface area contributed by atoms with Crippen molar-refractivity contribution in [2.75, 3.05) is 11.5 Å². The lowest BCUT2D eigenvalue weighted by molar-refractivity contribution is 0.0525. The highest BCUT2D eigenvalue weighted by Crippen LogP contribution is 2.32. The predicted molar refractivity (Wildman–Crippen MR) is 118 cm³/mol. The van der Waals surface area contributed by atoms with E-state index in [4.69, 9.17) is 9.72 Å². The normalized spacial score (nSPS) is 10.5. The van der Waals surface area contributed by atoms with Crippen molar-refractivity contribution in [3.8, 4) is 11.3 Å². The number of hydrogen-bond donors (Lipinski definition) is 0. The number of aromatic nitrogens is 4. The fraction of sp³-hybridized carbons (Fsp3) is 0.125. The van der Waals surface area contributed by atoms with E-state index in [2.05, 4.69) is 15.0 Å². The summed E-state index contributed by atoms with van der Waals surface area (Å²) in [4.78, 5) is 32.9. The van der Waals surface area contributed by atoms with Crippen LogP contribution in [0.25, 0.3) is 11.3 Å². The molecule has 0 N–H and O–H groups in total. The van der Waals surface area contributed by atoms with Crippen LogP contribution in [0.1, 0.15) is 23.0 Å². The molecule has 4 rings (SSSR count). The van der Waals surface area contributed by atoms with Gasteiger partial charge in [-0.05, 0) is 38.1 Å². The minimum absolute atomic E-state index is 0.266. The Morgan fingerprint density at radius 2 is 1.48 bits per heavy atom. The molecule has 1 aromatic carbocycles. The maximum Gasteiger partial charge on any atom is 0.342 e. The number of carbonyl (C=O) groups excluding carboxylic acids is 1. The van der Waals surface area contributed by atoms with Crippen molar-refractivity contribution in [1.29, 1.82) is 0 Å². The van der Waals surface area contributed by atoms with Gasteiger partial charge in [0.1, 0.15) is 17.2 Å². The van der Waals surface area contributed by atoms with Gasteiger partial charge in [-0.2, -0.15) is 0 Å². The van der Waals surface area contributed by atoms with Crippen LogP contribution in [0.3, 0.4) is 0 Å². The van der Waals surface area contributed by atoms with Crippen molar-refractivity contribution in [3.05, 3.63) is 90.4 Å². The number of esters is 1. The highest BCUT2D eigenvalue weighted by molar-refractivity contribution is 5.97. The summed E-state index contributed by atoms with van der Waals surface area (Å²) in [6.45, 7) is 3.82. The van der Waals surface area contributed by atoms with Crippen molar-refractivity contribution >= 4 is 23.6 Å². The van der Waals surface area contributed by atoms with Crippen LogP contribution in [0.2, 0.25) is 0 Å². The van der Waals surface area contributed by atoms with Gasteiger partial charge < -0.3 is 4.74 Å². The van der Waals surface area contributed by atoms with E-state index in [1.165, 1.54) is 0 Å². The third kappa shape index (κ3) is 4.25. The molecule has 7 heteroatoms. The van der Waals surface area contributed by atoms with Gasteiger partial charge in [-0.1, -0.05) is 42.5 Å². The second-order valence-corrected chi connectivity index (χ2v) is 6.63. The van der Waals surface area contributed by atoms with Gasteiger partial charge in [-0.15, -0.1) is 0 Å². The maximum atomic E-state index is 12.7. The van der Waals surface area contributed by atoms with Crippen LogP contribution < -0.4 is 4.90 Å². The first-order valence-electron chi connectivity index (χ1n) is 9.92. The molecule has 31 heavy (non-hydrogen) atoms. The molecular weight excluding hydrogens is 390 g/mol. The third-order valence-electron chi connectivity index (χ3n) is 4.56. The molecule has 0 atom stereocenters. The van der Waals surface area contributed by atoms with Gasteiger partial charge in [0.05, 0.1) is 18.0 Å². The molecule has 0 aliphatic carbocycles. The lowest BCUT2D eigenvalue weighted by Gasteiger charge is -2.22. The van der Waals surface area contributed by atoms with Crippen LogP contribution in [-0.2, 0) is 4.74 Å². The molecule has 154 valence electrons. The number of hydrogen-bond acceptors (Lipinski definition) is 7. The van der Waals surface area contributed by atoms with Gasteiger partial charge in [0.2, 0.25) is 5.95 Å². The van der Waals surface area contributed by atoms with E-state index < -0.39 is 5.97 Å². The topological polar surface area (TPSA) is 81.1 Å². The standard InChI is InChI=1S/C24H21N5O2/c1-3-31-23(30)21-17(2)27-24(28-22(21)18-11-5-4-6-12-18)29(19-13-7-9-15-25-19)20-14-8-10-16-26-20/h4-16H,3H2,1-2H3. The van der Waals surface area contributed by atoms with Crippen LogP contribution in [0.15, 0.2) is 79.1 Å². The number of pyridine rings is 2. The van der Waals surface area contributed by atoms with E-state index in [1.807, 2.05) is 66.7 Å². The summed E-state index contributed by atoms with van der Waals surface area (Å²) < 4.78 is 5.28. The van der Waals surface area contributed by atoms with Crippen LogP contribution in [0.5, 0.6) is 0 Å². The first kappa shape index (κ1) is 20.2. The van der Waals surface area contributed by atoms with Crippen LogP contribution in [-0.4, -0.2) is 32.5 Å². The molecule has 0 spiro atoms. The van der Waals surface area contributed by atoms with Crippen LogP contribution in [0.4, 0.5) is 17.6 Å². The third-order valence-corrected chi connectivity index (χ3v) is 4.56. The summed E-state index contributed by atoms with van der Waals surface area (Å²) >= 11 is 0. The van der Waals surface area contributed by atoms with E-state index >= 15 is 0 Å². The molecule has 0 unspecified atom stereocenters. The molecule has 4 aromatic rings. The number of rotatable bonds is 6. The summed E-state index contributed by atoms with van der Waals surface area (Å²) in [7, 11) is 0. The van der Waals surface area contributed by atoms with Crippen molar-refractivity contribution in [1.82, 2.24) is 19.9 Å². The van der Waals surface area contributed by atoms with Crippen LogP contribution >= 0.6 is 0 Å². The fourth-order valence-corrected chi connectivity index (χ4v) is 3.21. The van der Waals surface area contributed by atoms with Crippen molar-refractivity contribution in [3.63, 3.8) is 0 Å². The van der Waals surface area contributed by atoms with Crippen molar-refractivity contribution in [2.24, 2.45) is 0 Å². The Morgan fingerprint density at radius 1 is 0.871 bits per heavy atom. The summed E-state index contributed by atoms with van der Waals surface area (Å²) in [6, 6.07) is 20.7. The average molecular weight is 411 g/mol. The highest BCUT2D eigenvalue weighted by Gasteiger charge is 2.25. The Morgan fingerprint density at radius 3 is 2.03 bits per heavy atom. The number of aryl methyl sites for hydroxylation is 1.